The number of nitrogen functional groups attached to an aromatic ring is 1. The number of esters is 1. The van der Waals surface area contributed by atoms with Gasteiger partial charge in [0.2, 0.25) is 0 Å². The Bertz CT molecular complexity index is 614. The summed E-state index contributed by atoms with van der Waals surface area (Å²) in [7, 11) is 1.26. The molecular formula is C10H8BrClN4O2. The monoisotopic (exact) mass is 330 g/mol. The number of rotatable bonds is 2. The highest BCUT2D eigenvalue weighted by Gasteiger charge is 2.17. The summed E-state index contributed by atoms with van der Waals surface area (Å²) in [5, 5.41) is 4.37. The van der Waals surface area contributed by atoms with Crippen LogP contribution in [0.3, 0.4) is 0 Å². The molecule has 0 aliphatic carbocycles. The number of nitrogens with zero attached hydrogens (tertiary/aromatic N) is 3. The minimum atomic E-state index is -0.612. The predicted molar refractivity (Wildman–Crippen MR) is 69.8 cm³/mol. The number of hydrogen-bond donors (Lipinski definition) is 1. The Morgan fingerprint density at radius 1 is 1.61 bits per heavy atom. The van der Waals surface area contributed by atoms with Crippen LogP contribution < -0.4 is 5.73 Å². The molecule has 18 heavy (non-hydrogen) atoms. The molecule has 2 N–H and O–H groups in total. The molecule has 0 unspecified atom stereocenters. The predicted octanol–water partition coefficient (Wildman–Crippen LogP) is 2.05. The standard InChI is InChI=1S/C10H8BrClN4O2/c1-18-10(17)8-7(13)4-16(15-8)9-6(12)2-5(11)3-14-9/h2-4H,13H2,1H3. The van der Waals surface area contributed by atoms with Crippen LogP contribution >= 0.6 is 27.5 Å². The molecule has 2 heterocycles. The Morgan fingerprint density at radius 3 is 2.94 bits per heavy atom. The molecule has 6 nitrogen and oxygen atoms in total. The van der Waals surface area contributed by atoms with E-state index in [2.05, 4.69) is 30.7 Å². The van der Waals surface area contributed by atoms with Crippen molar-refractivity contribution in [2.45, 2.75) is 0 Å². The van der Waals surface area contributed by atoms with Crippen LogP contribution in [0.1, 0.15) is 10.5 Å². The van der Waals surface area contributed by atoms with E-state index < -0.39 is 5.97 Å². The SMILES string of the molecule is COC(=O)c1nn(-c2ncc(Br)cc2Cl)cc1N. The van der Waals surface area contributed by atoms with Crippen molar-refractivity contribution in [1.82, 2.24) is 14.8 Å². The minimum absolute atomic E-state index is 0.0262. The lowest BCUT2D eigenvalue weighted by atomic mass is 10.4. The zero-order chi connectivity index (χ0) is 13.3. The smallest absolute Gasteiger partial charge is 0.360 e. The molecule has 0 aliphatic rings. The molecule has 0 radical (unpaired) electrons. The highest BCUT2D eigenvalue weighted by Crippen LogP contribution is 2.23. The summed E-state index contributed by atoms with van der Waals surface area (Å²) in [6, 6.07) is 1.67. The van der Waals surface area contributed by atoms with E-state index in [1.165, 1.54) is 18.0 Å². The number of carbonyl (C=O) groups is 1. The van der Waals surface area contributed by atoms with Crippen molar-refractivity contribution >= 4 is 39.2 Å². The van der Waals surface area contributed by atoms with E-state index >= 15 is 0 Å². The van der Waals surface area contributed by atoms with E-state index in [-0.39, 0.29) is 11.4 Å². The zero-order valence-corrected chi connectivity index (χ0v) is 11.6. The fourth-order valence-corrected chi connectivity index (χ4v) is 2.04. The molecule has 0 saturated heterocycles. The van der Waals surface area contributed by atoms with Crippen molar-refractivity contribution < 1.29 is 9.53 Å². The number of carbonyl (C=O) groups excluding carboxylic acids is 1. The third-order valence-corrected chi connectivity index (χ3v) is 2.84. The quantitative estimate of drug-likeness (QED) is 0.852. The third kappa shape index (κ3) is 2.32. The summed E-state index contributed by atoms with van der Waals surface area (Å²) in [5.74, 6) is -0.235. The molecule has 0 aliphatic heterocycles. The minimum Gasteiger partial charge on any atom is -0.464 e. The van der Waals surface area contributed by atoms with Gasteiger partial charge in [-0.3, -0.25) is 0 Å². The third-order valence-electron chi connectivity index (χ3n) is 2.13. The van der Waals surface area contributed by atoms with Gasteiger partial charge in [-0.05, 0) is 22.0 Å². The molecule has 94 valence electrons. The van der Waals surface area contributed by atoms with E-state index in [0.29, 0.717) is 10.8 Å². The van der Waals surface area contributed by atoms with Crippen molar-refractivity contribution in [1.29, 1.82) is 0 Å². The van der Waals surface area contributed by atoms with Gasteiger partial charge in [-0.1, -0.05) is 11.6 Å². The van der Waals surface area contributed by atoms with E-state index in [1.54, 1.807) is 12.3 Å². The fourth-order valence-electron chi connectivity index (χ4n) is 1.33. The Kier molecular flexibility index (Phi) is 3.53. The fraction of sp³-hybridized carbons (Fsp3) is 0.100. The van der Waals surface area contributed by atoms with Crippen LogP contribution in [0, 0.1) is 0 Å². The van der Waals surface area contributed by atoms with Crippen LogP contribution in [-0.2, 0) is 4.74 Å². The molecule has 0 saturated carbocycles. The molecule has 2 aromatic heterocycles. The molecule has 0 fully saturated rings. The second-order valence-electron chi connectivity index (χ2n) is 3.33. The summed E-state index contributed by atoms with van der Waals surface area (Å²) in [5.41, 5.74) is 5.89. The number of hydrogen-bond acceptors (Lipinski definition) is 5. The van der Waals surface area contributed by atoms with Crippen LogP contribution in [0.2, 0.25) is 5.02 Å². The molecule has 0 amide bonds. The number of pyridine rings is 1. The van der Waals surface area contributed by atoms with Crippen LogP contribution in [0.25, 0.3) is 5.82 Å². The van der Waals surface area contributed by atoms with Crippen molar-refractivity contribution in [3.8, 4) is 5.82 Å². The van der Waals surface area contributed by atoms with Gasteiger partial charge in [0.25, 0.3) is 0 Å². The summed E-state index contributed by atoms with van der Waals surface area (Å²) < 4.78 is 6.63. The van der Waals surface area contributed by atoms with Crippen LogP contribution in [0.5, 0.6) is 0 Å². The van der Waals surface area contributed by atoms with E-state index in [4.69, 9.17) is 17.3 Å². The maximum atomic E-state index is 11.4. The van der Waals surface area contributed by atoms with Crippen LogP contribution in [0.15, 0.2) is 22.9 Å². The average molecular weight is 332 g/mol. The lowest BCUT2D eigenvalue weighted by Gasteiger charge is -2.02. The van der Waals surface area contributed by atoms with Gasteiger partial charge in [0, 0.05) is 10.7 Å². The van der Waals surface area contributed by atoms with E-state index in [9.17, 15) is 4.79 Å². The van der Waals surface area contributed by atoms with Gasteiger partial charge < -0.3 is 10.5 Å². The van der Waals surface area contributed by atoms with Gasteiger partial charge in [-0.25, -0.2) is 14.5 Å². The van der Waals surface area contributed by atoms with Gasteiger partial charge in [0.05, 0.1) is 24.0 Å². The van der Waals surface area contributed by atoms with Crippen LogP contribution in [-0.4, -0.2) is 27.8 Å². The first-order valence-corrected chi connectivity index (χ1v) is 5.95. The number of ether oxygens (including phenoxy) is 1. The van der Waals surface area contributed by atoms with Crippen molar-refractivity contribution in [3.63, 3.8) is 0 Å². The lowest BCUT2D eigenvalue weighted by Crippen LogP contribution is -2.06. The first-order valence-electron chi connectivity index (χ1n) is 4.78. The maximum absolute atomic E-state index is 11.4. The molecule has 0 aromatic carbocycles. The van der Waals surface area contributed by atoms with Gasteiger partial charge in [-0.2, -0.15) is 5.10 Å². The second-order valence-corrected chi connectivity index (χ2v) is 4.65. The molecule has 0 spiro atoms. The lowest BCUT2D eigenvalue weighted by molar-refractivity contribution is 0.0594. The highest BCUT2D eigenvalue weighted by molar-refractivity contribution is 9.10. The average Bonchev–Trinajstić information content (AvgIpc) is 2.70. The second kappa shape index (κ2) is 4.95. The Balaban J connectivity index is 2.49. The summed E-state index contributed by atoms with van der Waals surface area (Å²) in [4.78, 5) is 15.5. The number of methoxy groups -OCH3 is 1. The Morgan fingerprint density at radius 2 is 2.33 bits per heavy atom. The van der Waals surface area contributed by atoms with Crippen molar-refractivity contribution in [3.05, 3.63) is 33.6 Å². The zero-order valence-electron chi connectivity index (χ0n) is 9.22. The Hall–Kier alpha value is -1.60. The topological polar surface area (TPSA) is 83.0 Å². The van der Waals surface area contributed by atoms with Crippen molar-refractivity contribution in [2.24, 2.45) is 0 Å². The largest absolute Gasteiger partial charge is 0.464 e. The van der Waals surface area contributed by atoms with Gasteiger partial charge >= 0.3 is 5.97 Å². The number of nitrogens with two attached hydrogens (primary N) is 1. The van der Waals surface area contributed by atoms with Gasteiger partial charge in [-0.15, -0.1) is 0 Å². The van der Waals surface area contributed by atoms with Crippen molar-refractivity contribution in [2.75, 3.05) is 12.8 Å². The number of aromatic nitrogens is 3. The highest BCUT2D eigenvalue weighted by atomic mass is 79.9. The van der Waals surface area contributed by atoms with E-state index in [0.717, 1.165) is 4.47 Å². The number of anilines is 1. The first-order chi connectivity index (χ1) is 8.52. The first kappa shape index (κ1) is 12.8. The Labute approximate surface area is 116 Å². The summed E-state index contributed by atoms with van der Waals surface area (Å²) in [6.07, 6.45) is 3.02. The molecule has 0 atom stereocenters. The molecule has 2 aromatic rings. The van der Waals surface area contributed by atoms with Gasteiger partial charge in [0.15, 0.2) is 11.5 Å². The molecule has 8 heteroatoms. The van der Waals surface area contributed by atoms with E-state index in [1.807, 2.05) is 0 Å². The van der Waals surface area contributed by atoms with Gasteiger partial charge in [0.1, 0.15) is 0 Å². The normalized spacial score (nSPS) is 10.4. The summed E-state index contributed by atoms with van der Waals surface area (Å²) >= 11 is 9.28. The maximum Gasteiger partial charge on any atom is 0.360 e. The molecular weight excluding hydrogens is 323 g/mol. The molecule has 2 rings (SSSR count). The summed E-state index contributed by atoms with van der Waals surface area (Å²) in [6.45, 7) is 0. The molecule has 0 bridgehead atoms. The van der Waals surface area contributed by atoms with Crippen LogP contribution in [0.4, 0.5) is 5.69 Å². The number of halogens is 2.